The van der Waals surface area contributed by atoms with Crippen LogP contribution >= 0.6 is 0 Å². The Kier molecular flexibility index (Phi) is 40.9. The molecule has 0 fully saturated rings. The lowest BCUT2D eigenvalue weighted by Gasteiger charge is -2.18. The number of ether oxygens (including phenoxy) is 3. The van der Waals surface area contributed by atoms with Crippen LogP contribution in [0, 0.1) is 0 Å². The van der Waals surface area contributed by atoms with E-state index < -0.39 is 6.10 Å². The minimum Gasteiger partial charge on any atom is -0.462 e. The van der Waals surface area contributed by atoms with Crippen LogP contribution in [0.25, 0.3) is 0 Å². The highest BCUT2D eigenvalue weighted by Crippen LogP contribution is 2.16. The fourth-order valence-electron chi connectivity index (χ4n) is 6.85. The quantitative estimate of drug-likeness (QED) is 0.0353. The first-order valence-corrected chi connectivity index (χ1v) is 23.0. The average Bonchev–Trinajstić information content (AvgIpc) is 3.14. The SMILES string of the molecule is CCCCCCCCCCCCCCCCCC(=O)OC[C@H](COC(=O)CCCCCCCCCCCC)OC(=O)CCCCCCCCCCC. The number of unbranched alkanes of at least 4 members (excludes halogenated alkanes) is 31. The van der Waals surface area contributed by atoms with Crippen molar-refractivity contribution in [1.29, 1.82) is 0 Å². The fraction of sp³-hybridized carbons (Fsp3) is 0.935. The molecule has 0 aromatic rings. The molecule has 0 rings (SSSR count). The van der Waals surface area contributed by atoms with E-state index in [0.717, 1.165) is 57.8 Å². The van der Waals surface area contributed by atoms with Gasteiger partial charge in [-0.2, -0.15) is 0 Å². The summed E-state index contributed by atoms with van der Waals surface area (Å²) in [7, 11) is 0. The molecule has 0 unspecified atom stereocenters. The monoisotopic (exact) mass is 737 g/mol. The summed E-state index contributed by atoms with van der Waals surface area (Å²) in [5.74, 6) is -0.854. The van der Waals surface area contributed by atoms with Gasteiger partial charge in [-0.1, -0.05) is 220 Å². The highest BCUT2D eigenvalue weighted by Gasteiger charge is 2.19. The van der Waals surface area contributed by atoms with Crippen molar-refractivity contribution in [2.75, 3.05) is 13.2 Å². The molecular formula is C46H88O6. The van der Waals surface area contributed by atoms with E-state index in [9.17, 15) is 14.4 Å². The summed E-state index contributed by atoms with van der Waals surface area (Å²) in [4.78, 5) is 37.6. The molecule has 6 nitrogen and oxygen atoms in total. The maximum Gasteiger partial charge on any atom is 0.306 e. The van der Waals surface area contributed by atoms with Gasteiger partial charge in [0.05, 0.1) is 0 Å². The molecule has 1 atom stereocenters. The standard InChI is InChI=1S/C46H88O6/c1-4-7-10-13-16-19-21-22-23-24-25-28-30-33-36-39-45(48)51-42-43(52-46(49)40-37-34-31-26-18-15-12-9-6-3)41-50-44(47)38-35-32-29-27-20-17-14-11-8-5-2/h43H,4-42H2,1-3H3/t43-/m0/s1. The van der Waals surface area contributed by atoms with Crippen LogP contribution in [0.5, 0.6) is 0 Å². The molecule has 0 N–H and O–H groups in total. The fourth-order valence-corrected chi connectivity index (χ4v) is 6.85. The molecule has 0 heterocycles. The van der Waals surface area contributed by atoms with Crippen molar-refractivity contribution in [1.82, 2.24) is 0 Å². The van der Waals surface area contributed by atoms with E-state index in [4.69, 9.17) is 14.2 Å². The van der Waals surface area contributed by atoms with Crippen molar-refractivity contribution in [3.8, 4) is 0 Å². The van der Waals surface area contributed by atoms with Gasteiger partial charge in [-0.05, 0) is 19.3 Å². The minimum absolute atomic E-state index is 0.0629. The molecule has 0 radical (unpaired) electrons. The molecule has 308 valence electrons. The third-order valence-electron chi connectivity index (χ3n) is 10.4. The van der Waals surface area contributed by atoms with Gasteiger partial charge in [0.2, 0.25) is 0 Å². The van der Waals surface area contributed by atoms with Crippen LogP contribution in [0.3, 0.4) is 0 Å². The molecule has 0 aromatic heterocycles. The van der Waals surface area contributed by atoms with Gasteiger partial charge in [0.25, 0.3) is 0 Å². The molecule has 0 amide bonds. The van der Waals surface area contributed by atoms with Crippen molar-refractivity contribution in [2.24, 2.45) is 0 Å². The van der Waals surface area contributed by atoms with E-state index in [0.29, 0.717) is 19.3 Å². The van der Waals surface area contributed by atoms with Gasteiger partial charge in [-0.15, -0.1) is 0 Å². The van der Waals surface area contributed by atoms with E-state index in [2.05, 4.69) is 20.8 Å². The zero-order valence-corrected chi connectivity index (χ0v) is 35.1. The maximum absolute atomic E-state index is 12.6. The number of carbonyl (C=O) groups is 3. The summed E-state index contributed by atoms with van der Waals surface area (Å²) in [6.07, 6.45) is 42.3. The summed E-state index contributed by atoms with van der Waals surface area (Å²) in [5.41, 5.74) is 0. The van der Waals surface area contributed by atoms with Gasteiger partial charge in [0.15, 0.2) is 6.10 Å². The minimum atomic E-state index is -0.757. The molecular weight excluding hydrogens is 648 g/mol. The lowest BCUT2D eigenvalue weighted by atomic mass is 10.0. The molecule has 0 saturated heterocycles. The van der Waals surface area contributed by atoms with Crippen molar-refractivity contribution >= 4 is 17.9 Å². The zero-order chi connectivity index (χ0) is 38.0. The number of hydrogen-bond donors (Lipinski definition) is 0. The Morgan fingerprint density at radius 3 is 0.769 bits per heavy atom. The van der Waals surface area contributed by atoms with Gasteiger partial charge in [-0.3, -0.25) is 14.4 Å². The Labute approximate surface area is 323 Å². The van der Waals surface area contributed by atoms with E-state index in [1.165, 1.54) is 161 Å². The van der Waals surface area contributed by atoms with Crippen molar-refractivity contribution in [2.45, 2.75) is 264 Å². The Morgan fingerprint density at radius 2 is 0.519 bits per heavy atom. The first-order valence-electron chi connectivity index (χ1n) is 23.0. The van der Waals surface area contributed by atoms with Crippen LogP contribution in [0.4, 0.5) is 0 Å². The van der Waals surface area contributed by atoms with Crippen LogP contribution < -0.4 is 0 Å². The summed E-state index contributed by atoms with van der Waals surface area (Å²) in [6, 6.07) is 0. The summed E-state index contributed by atoms with van der Waals surface area (Å²) < 4.78 is 16.7. The molecule has 0 saturated carbocycles. The van der Waals surface area contributed by atoms with Crippen LogP contribution in [0.1, 0.15) is 258 Å². The van der Waals surface area contributed by atoms with Gasteiger partial charge in [0.1, 0.15) is 13.2 Å². The summed E-state index contributed by atoms with van der Waals surface area (Å²) in [6.45, 7) is 6.63. The van der Waals surface area contributed by atoms with Gasteiger partial charge >= 0.3 is 17.9 Å². The smallest absolute Gasteiger partial charge is 0.306 e. The van der Waals surface area contributed by atoms with Crippen LogP contribution in [0.15, 0.2) is 0 Å². The van der Waals surface area contributed by atoms with E-state index >= 15 is 0 Å². The predicted octanol–water partition coefficient (Wildman–Crippen LogP) is 14.5. The lowest BCUT2D eigenvalue weighted by Crippen LogP contribution is -2.30. The molecule has 52 heavy (non-hydrogen) atoms. The lowest BCUT2D eigenvalue weighted by molar-refractivity contribution is -0.167. The van der Waals surface area contributed by atoms with Crippen LogP contribution in [-0.2, 0) is 28.6 Å². The first kappa shape index (κ1) is 50.4. The molecule has 6 heteroatoms. The largest absolute Gasteiger partial charge is 0.462 e. The van der Waals surface area contributed by atoms with Gasteiger partial charge < -0.3 is 14.2 Å². The normalized spacial score (nSPS) is 11.8. The van der Waals surface area contributed by atoms with E-state index in [-0.39, 0.29) is 31.1 Å². The third kappa shape index (κ3) is 39.6. The van der Waals surface area contributed by atoms with Crippen molar-refractivity contribution < 1.29 is 28.6 Å². The highest BCUT2D eigenvalue weighted by molar-refractivity contribution is 5.71. The molecule has 0 aliphatic rings. The number of rotatable bonds is 42. The average molecular weight is 737 g/mol. The second-order valence-electron chi connectivity index (χ2n) is 15.7. The van der Waals surface area contributed by atoms with Crippen LogP contribution in [-0.4, -0.2) is 37.2 Å². The van der Waals surface area contributed by atoms with E-state index in [1.807, 2.05) is 0 Å². The number of carbonyl (C=O) groups excluding carboxylic acids is 3. The Balaban J connectivity index is 4.26. The summed E-state index contributed by atoms with van der Waals surface area (Å²) in [5, 5.41) is 0. The molecule has 0 bridgehead atoms. The molecule has 0 aliphatic carbocycles. The first-order chi connectivity index (χ1) is 25.5. The van der Waals surface area contributed by atoms with Crippen molar-refractivity contribution in [3.05, 3.63) is 0 Å². The van der Waals surface area contributed by atoms with Gasteiger partial charge in [0, 0.05) is 19.3 Å². The zero-order valence-electron chi connectivity index (χ0n) is 35.1. The number of hydrogen-bond acceptors (Lipinski definition) is 6. The highest BCUT2D eigenvalue weighted by atomic mass is 16.6. The Hall–Kier alpha value is -1.59. The Bertz CT molecular complexity index is 768. The molecule has 0 spiro atoms. The van der Waals surface area contributed by atoms with Gasteiger partial charge in [-0.25, -0.2) is 0 Å². The third-order valence-corrected chi connectivity index (χ3v) is 10.4. The second-order valence-corrected chi connectivity index (χ2v) is 15.7. The topological polar surface area (TPSA) is 78.9 Å². The van der Waals surface area contributed by atoms with Crippen LogP contribution in [0.2, 0.25) is 0 Å². The molecule has 0 aliphatic heterocycles. The summed E-state index contributed by atoms with van der Waals surface area (Å²) >= 11 is 0. The van der Waals surface area contributed by atoms with E-state index in [1.54, 1.807) is 0 Å². The number of esters is 3. The predicted molar refractivity (Wildman–Crippen MR) is 220 cm³/mol. The maximum atomic E-state index is 12.6. The molecule has 0 aromatic carbocycles. The Morgan fingerprint density at radius 1 is 0.308 bits per heavy atom. The second kappa shape index (κ2) is 42.2. The van der Waals surface area contributed by atoms with Crippen molar-refractivity contribution in [3.63, 3.8) is 0 Å².